The van der Waals surface area contributed by atoms with Crippen LogP contribution in [0.25, 0.3) is 11.1 Å². The minimum Gasteiger partial charge on any atom is -0.480 e. The van der Waals surface area contributed by atoms with Gasteiger partial charge in [-0.1, -0.05) is 48.5 Å². The van der Waals surface area contributed by atoms with Crippen LogP contribution in [0.5, 0.6) is 0 Å². The lowest BCUT2D eigenvalue weighted by atomic mass is 9.98. The fourth-order valence-corrected chi connectivity index (χ4v) is 4.62. The Balaban J connectivity index is 1.26. The topological polar surface area (TPSA) is 114 Å². The second kappa shape index (κ2) is 9.98. The molecular formula is C27H32N2O6. The van der Waals surface area contributed by atoms with Crippen molar-refractivity contribution in [1.82, 2.24) is 10.6 Å². The van der Waals surface area contributed by atoms with Crippen molar-refractivity contribution in [1.29, 1.82) is 0 Å². The smallest absolute Gasteiger partial charge is 0.407 e. The van der Waals surface area contributed by atoms with E-state index in [2.05, 4.69) is 22.8 Å². The molecule has 1 fully saturated rings. The molecule has 4 rings (SSSR count). The van der Waals surface area contributed by atoms with Gasteiger partial charge in [0, 0.05) is 12.0 Å². The standard InChI is InChI=1S/C27H32N2O6/c1-27(2,3)35-26(33)29-23-14-16(23)12-13-22(24(30)31)28-25(32)34-15-21-19-10-6-4-8-17(19)18-9-5-7-11-20(18)21/h4-11,16,21-23H,12-15H2,1-3H3,(H,28,32)(H,29,33)(H,30,31)/t16?,22-,23?/m0/s1. The Morgan fingerprint density at radius 2 is 1.60 bits per heavy atom. The quantitative estimate of drug-likeness (QED) is 0.506. The van der Waals surface area contributed by atoms with Crippen LogP contribution in [0, 0.1) is 5.92 Å². The van der Waals surface area contributed by atoms with Crippen LogP contribution in [0.1, 0.15) is 57.1 Å². The lowest BCUT2D eigenvalue weighted by Gasteiger charge is -2.20. The number of fused-ring (bicyclic) bond motifs is 3. The molecule has 186 valence electrons. The Bertz CT molecular complexity index is 1060. The van der Waals surface area contributed by atoms with Crippen LogP contribution in [0.4, 0.5) is 9.59 Å². The molecule has 8 heteroatoms. The summed E-state index contributed by atoms with van der Waals surface area (Å²) in [5, 5.41) is 14.9. The highest BCUT2D eigenvalue weighted by Crippen LogP contribution is 2.44. The van der Waals surface area contributed by atoms with Crippen LogP contribution in [0.2, 0.25) is 0 Å². The Kier molecular flexibility index (Phi) is 7.00. The van der Waals surface area contributed by atoms with Crippen LogP contribution in [0.15, 0.2) is 48.5 Å². The monoisotopic (exact) mass is 480 g/mol. The fraction of sp³-hybridized carbons (Fsp3) is 0.444. The van der Waals surface area contributed by atoms with Crippen molar-refractivity contribution in [3.05, 3.63) is 59.7 Å². The molecule has 2 amide bonds. The third-order valence-electron chi connectivity index (χ3n) is 6.38. The predicted molar refractivity (Wildman–Crippen MR) is 130 cm³/mol. The molecule has 2 aromatic rings. The first kappa shape index (κ1) is 24.6. The average Bonchev–Trinajstić information content (AvgIpc) is 3.44. The average molecular weight is 481 g/mol. The second-order valence-electron chi connectivity index (χ2n) is 10.2. The summed E-state index contributed by atoms with van der Waals surface area (Å²) >= 11 is 0. The van der Waals surface area contributed by atoms with Gasteiger partial charge in [-0.3, -0.25) is 0 Å². The van der Waals surface area contributed by atoms with Crippen LogP contribution in [-0.4, -0.2) is 47.6 Å². The third-order valence-corrected chi connectivity index (χ3v) is 6.38. The van der Waals surface area contributed by atoms with E-state index in [-0.39, 0.29) is 30.9 Å². The van der Waals surface area contributed by atoms with Crippen LogP contribution in [-0.2, 0) is 14.3 Å². The molecule has 0 bridgehead atoms. The van der Waals surface area contributed by atoms with E-state index in [1.54, 1.807) is 20.8 Å². The largest absolute Gasteiger partial charge is 0.480 e. The SMILES string of the molecule is CC(C)(C)OC(=O)NC1CC1CC[C@H](NC(=O)OCC1c2ccccc2-c2ccccc21)C(=O)O. The van der Waals surface area contributed by atoms with Gasteiger partial charge in [0.25, 0.3) is 0 Å². The summed E-state index contributed by atoms with van der Waals surface area (Å²) in [5.74, 6) is -1.05. The molecule has 0 radical (unpaired) electrons. The Morgan fingerprint density at radius 1 is 1.00 bits per heavy atom. The Hall–Kier alpha value is -3.55. The van der Waals surface area contributed by atoms with Gasteiger partial charge in [-0.25, -0.2) is 14.4 Å². The Labute approximate surface area is 205 Å². The minimum atomic E-state index is -1.11. The number of aliphatic carboxylic acids is 1. The van der Waals surface area contributed by atoms with Gasteiger partial charge in [-0.15, -0.1) is 0 Å². The predicted octanol–water partition coefficient (Wildman–Crippen LogP) is 4.67. The van der Waals surface area contributed by atoms with Crippen molar-refractivity contribution in [3.63, 3.8) is 0 Å². The van der Waals surface area contributed by atoms with Gasteiger partial charge in [0.1, 0.15) is 18.2 Å². The van der Waals surface area contributed by atoms with Gasteiger partial charge in [0.15, 0.2) is 0 Å². The van der Waals surface area contributed by atoms with E-state index in [9.17, 15) is 19.5 Å². The second-order valence-corrected chi connectivity index (χ2v) is 10.2. The molecule has 2 aliphatic carbocycles. The zero-order chi connectivity index (χ0) is 25.2. The number of nitrogens with one attached hydrogen (secondary N) is 2. The summed E-state index contributed by atoms with van der Waals surface area (Å²) < 4.78 is 10.7. The normalized spacial score (nSPS) is 19.2. The molecule has 2 aromatic carbocycles. The van der Waals surface area contributed by atoms with Crippen molar-refractivity contribution in [3.8, 4) is 11.1 Å². The van der Waals surface area contributed by atoms with Crippen molar-refractivity contribution in [2.75, 3.05) is 6.61 Å². The molecule has 1 saturated carbocycles. The number of amides is 2. The maximum atomic E-state index is 12.5. The zero-order valence-corrected chi connectivity index (χ0v) is 20.2. The van der Waals surface area contributed by atoms with E-state index in [1.165, 1.54) is 0 Å². The van der Waals surface area contributed by atoms with Gasteiger partial charge >= 0.3 is 18.2 Å². The minimum absolute atomic E-state index is 0.0336. The highest BCUT2D eigenvalue weighted by atomic mass is 16.6. The number of hydrogen-bond donors (Lipinski definition) is 3. The van der Waals surface area contributed by atoms with Crippen LogP contribution < -0.4 is 10.6 Å². The van der Waals surface area contributed by atoms with Crippen molar-refractivity contribution >= 4 is 18.2 Å². The van der Waals surface area contributed by atoms with Gasteiger partial charge in [0.2, 0.25) is 0 Å². The molecule has 0 saturated heterocycles. The number of alkyl carbamates (subject to hydrolysis) is 2. The van der Waals surface area contributed by atoms with Gasteiger partial charge in [-0.2, -0.15) is 0 Å². The lowest BCUT2D eigenvalue weighted by molar-refractivity contribution is -0.139. The van der Waals surface area contributed by atoms with Crippen LogP contribution >= 0.6 is 0 Å². The van der Waals surface area contributed by atoms with Crippen molar-refractivity contribution in [2.45, 2.75) is 63.6 Å². The fourth-order valence-electron chi connectivity index (χ4n) is 4.62. The third kappa shape index (κ3) is 6.12. The number of carbonyl (C=O) groups is 3. The number of carbonyl (C=O) groups excluding carboxylic acids is 2. The summed E-state index contributed by atoms with van der Waals surface area (Å²) in [5.41, 5.74) is 3.86. The van der Waals surface area contributed by atoms with Gasteiger partial charge in [0.05, 0.1) is 0 Å². The van der Waals surface area contributed by atoms with E-state index in [1.807, 2.05) is 36.4 Å². The molecule has 2 unspecified atom stereocenters. The molecule has 0 aliphatic heterocycles. The van der Waals surface area contributed by atoms with E-state index in [0.717, 1.165) is 28.7 Å². The molecule has 3 N–H and O–H groups in total. The zero-order valence-electron chi connectivity index (χ0n) is 20.2. The summed E-state index contributed by atoms with van der Waals surface area (Å²) in [6.45, 7) is 5.51. The maximum absolute atomic E-state index is 12.5. The maximum Gasteiger partial charge on any atom is 0.407 e. The van der Waals surface area contributed by atoms with Crippen molar-refractivity contribution < 1.29 is 29.0 Å². The summed E-state index contributed by atoms with van der Waals surface area (Å²) in [4.78, 5) is 36.1. The van der Waals surface area contributed by atoms with E-state index in [0.29, 0.717) is 6.42 Å². The van der Waals surface area contributed by atoms with E-state index in [4.69, 9.17) is 9.47 Å². The lowest BCUT2D eigenvalue weighted by Crippen LogP contribution is -2.41. The summed E-state index contributed by atoms with van der Waals surface area (Å²) in [6.07, 6.45) is 0.337. The number of carboxylic acids is 1. The van der Waals surface area contributed by atoms with E-state index < -0.39 is 29.8 Å². The number of hydrogen-bond acceptors (Lipinski definition) is 5. The first-order chi connectivity index (χ1) is 16.6. The first-order valence-electron chi connectivity index (χ1n) is 12.0. The van der Waals surface area contributed by atoms with Crippen molar-refractivity contribution in [2.24, 2.45) is 5.92 Å². The number of rotatable bonds is 8. The Morgan fingerprint density at radius 3 is 2.17 bits per heavy atom. The molecule has 35 heavy (non-hydrogen) atoms. The number of ether oxygens (including phenoxy) is 2. The first-order valence-corrected chi connectivity index (χ1v) is 12.0. The molecule has 2 aliphatic rings. The molecule has 0 heterocycles. The van der Waals surface area contributed by atoms with E-state index >= 15 is 0 Å². The van der Waals surface area contributed by atoms with Gasteiger partial charge < -0.3 is 25.2 Å². The highest BCUT2D eigenvalue weighted by Gasteiger charge is 2.40. The molecule has 3 atom stereocenters. The molecular weight excluding hydrogens is 448 g/mol. The molecule has 0 aromatic heterocycles. The van der Waals surface area contributed by atoms with Gasteiger partial charge in [-0.05, 0) is 68.2 Å². The number of benzene rings is 2. The highest BCUT2D eigenvalue weighted by molar-refractivity contribution is 5.81. The van der Waals surface area contributed by atoms with Crippen LogP contribution in [0.3, 0.4) is 0 Å². The number of carboxylic acid groups (broad SMARTS) is 1. The molecule has 0 spiro atoms. The summed E-state index contributed by atoms with van der Waals surface area (Å²) in [7, 11) is 0. The summed E-state index contributed by atoms with van der Waals surface area (Å²) in [6, 6.07) is 14.9. The molecule has 8 nitrogen and oxygen atoms in total.